The number of aromatic nitrogens is 6. The predicted octanol–water partition coefficient (Wildman–Crippen LogP) is 0.790. The number of pyridine rings is 1. The number of hydrogen-bond donors (Lipinski definition) is 1. The third kappa shape index (κ3) is 2.50. The first-order valence-electron chi connectivity index (χ1n) is 7.15. The molecule has 0 bridgehead atoms. The molecule has 8 heteroatoms. The van der Waals surface area contributed by atoms with E-state index in [1.807, 2.05) is 53.1 Å². The molecule has 0 unspecified atom stereocenters. The van der Waals surface area contributed by atoms with Crippen LogP contribution in [0.3, 0.4) is 0 Å². The highest BCUT2D eigenvalue weighted by Crippen LogP contribution is 2.09. The van der Waals surface area contributed by atoms with Gasteiger partial charge in [-0.1, -0.05) is 23.4 Å². The van der Waals surface area contributed by atoms with Crippen molar-refractivity contribution in [3.63, 3.8) is 0 Å². The number of benzene rings is 1. The summed E-state index contributed by atoms with van der Waals surface area (Å²) in [5, 5.41) is 19.0. The Morgan fingerprint density at radius 1 is 1.04 bits per heavy atom. The molecule has 3 aromatic heterocycles. The summed E-state index contributed by atoms with van der Waals surface area (Å²) in [7, 11) is 0. The minimum atomic E-state index is -0.159. The van der Waals surface area contributed by atoms with E-state index in [1.165, 1.54) is 0 Å². The third-order valence-electron chi connectivity index (χ3n) is 3.54. The first-order chi connectivity index (χ1) is 11.3. The topological polar surface area (TPSA) is 90.0 Å². The molecule has 0 aliphatic heterocycles. The predicted molar refractivity (Wildman–Crippen MR) is 82.4 cm³/mol. The van der Waals surface area contributed by atoms with Gasteiger partial charge in [-0.3, -0.25) is 9.20 Å². The van der Waals surface area contributed by atoms with Crippen molar-refractivity contribution in [1.82, 2.24) is 34.9 Å². The van der Waals surface area contributed by atoms with Gasteiger partial charge in [-0.25, -0.2) is 4.68 Å². The Kier molecular flexibility index (Phi) is 3.19. The van der Waals surface area contributed by atoms with E-state index in [-0.39, 0.29) is 12.5 Å². The molecule has 1 amide bonds. The van der Waals surface area contributed by atoms with Crippen LogP contribution in [0.25, 0.3) is 16.7 Å². The highest BCUT2D eigenvalue weighted by atomic mass is 16.2. The lowest BCUT2D eigenvalue weighted by Crippen LogP contribution is -2.28. The Morgan fingerprint density at radius 2 is 1.91 bits per heavy atom. The summed E-state index contributed by atoms with van der Waals surface area (Å²) >= 11 is 0. The number of hydrogen-bond acceptors (Lipinski definition) is 5. The lowest BCUT2D eigenvalue weighted by atomic mass is 10.3. The summed E-state index contributed by atoms with van der Waals surface area (Å²) in [5.74, 6) is 0.519. The number of fused-ring (bicyclic) bond motifs is 2. The normalized spacial score (nSPS) is 11.1. The summed E-state index contributed by atoms with van der Waals surface area (Å²) < 4.78 is 3.41. The van der Waals surface area contributed by atoms with Crippen molar-refractivity contribution >= 4 is 22.6 Å². The molecule has 0 fully saturated rings. The number of nitrogens with one attached hydrogen (secondary N) is 1. The number of para-hydroxylation sites is 1. The lowest BCUT2D eigenvalue weighted by molar-refractivity contribution is -0.122. The maximum Gasteiger partial charge on any atom is 0.242 e. The molecule has 1 N–H and O–H groups in total. The van der Waals surface area contributed by atoms with E-state index in [0.717, 1.165) is 16.7 Å². The van der Waals surface area contributed by atoms with E-state index in [4.69, 9.17) is 0 Å². The highest BCUT2D eigenvalue weighted by Gasteiger charge is 2.10. The van der Waals surface area contributed by atoms with E-state index in [1.54, 1.807) is 4.68 Å². The van der Waals surface area contributed by atoms with Gasteiger partial charge in [-0.2, -0.15) is 0 Å². The van der Waals surface area contributed by atoms with Crippen LogP contribution >= 0.6 is 0 Å². The molecular formula is C15H13N7O. The molecule has 8 nitrogen and oxygen atoms in total. The van der Waals surface area contributed by atoms with E-state index >= 15 is 0 Å². The average molecular weight is 307 g/mol. The van der Waals surface area contributed by atoms with Crippen LogP contribution in [-0.4, -0.2) is 35.5 Å². The van der Waals surface area contributed by atoms with Crippen LogP contribution in [0.5, 0.6) is 0 Å². The Bertz CT molecular complexity index is 988. The van der Waals surface area contributed by atoms with Crippen molar-refractivity contribution < 1.29 is 4.79 Å². The standard InChI is InChI=1S/C15H13N7O/c23-15(10-22-12-6-2-1-5-11(12)17-20-22)16-9-14-19-18-13-7-3-4-8-21(13)14/h1-8H,9-10H2,(H,16,23). The second-order valence-corrected chi connectivity index (χ2v) is 5.06. The zero-order valence-corrected chi connectivity index (χ0v) is 12.1. The van der Waals surface area contributed by atoms with E-state index in [0.29, 0.717) is 12.4 Å². The smallest absolute Gasteiger partial charge is 0.242 e. The van der Waals surface area contributed by atoms with Gasteiger partial charge in [0.05, 0.1) is 12.1 Å². The van der Waals surface area contributed by atoms with Crippen molar-refractivity contribution in [3.8, 4) is 0 Å². The molecule has 114 valence electrons. The van der Waals surface area contributed by atoms with Crippen LogP contribution in [0.1, 0.15) is 5.82 Å². The second kappa shape index (κ2) is 5.48. The Hall–Kier alpha value is -3.29. The van der Waals surface area contributed by atoms with E-state index in [9.17, 15) is 4.79 Å². The quantitative estimate of drug-likeness (QED) is 0.602. The van der Waals surface area contributed by atoms with Crippen LogP contribution in [-0.2, 0) is 17.9 Å². The van der Waals surface area contributed by atoms with Crippen molar-refractivity contribution in [2.24, 2.45) is 0 Å². The van der Waals surface area contributed by atoms with Crippen molar-refractivity contribution in [2.45, 2.75) is 13.1 Å². The molecular weight excluding hydrogens is 294 g/mol. The monoisotopic (exact) mass is 307 g/mol. The van der Waals surface area contributed by atoms with Crippen molar-refractivity contribution in [1.29, 1.82) is 0 Å². The molecule has 0 radical (unpaired) electrons. The Morgan fingerprint density at radius 3 is 2.87 bits per heavy atom. The van der Waals surface area contributed by atoms with Crippen LogP contribution in [0.15, 0.2) is 48.7 Å². The van der Waals surface area contributed by atoms with Crippen molar-refractivity contribution in [3.05, 3.63) is 54.5 Å². The number of amides is 1. The van der Waals surface area contributed by atoms with Gasteiger partial charge in [-0.05, 0) is 24.3 Å². The molecule has 23 heavy (non-hydrogen) atoms. The van der Waals surface area contributed by atoms with Gasteiger partial charge in [0.15, 0.2) is 11.5 Å². The van der Waals surface area contributed by atoms with Gasteiger partial charge in [-0.15, -0.1) is 15.3 Å². The highest BCUT2D eigenvalue weighted by molar-refractivity contribution is 5.79. The fourth-order valence-corrected chi connectivity index (χ4v) is 2.42. The molecule has 0 spiro atoms. The summed E-state index contributed by atoms with van der Waals surface area (Å²) in [6, 6.07) is 13.2. The number of carbonyl (C=O) groups is 1. The molecule has 4 aromatic rings. The molecule has 1 aromatic carbocycles. The SMILES string of the molecule is O=C(Cn1nnc2ccccc21)NCc1nnc2ccccn12. The Labute approximate surface area is 130 Å². The van der Waals surface area contributed by atoms with Crippen LogP contribution in [0.4, 0.5) is 0 Å². The number of carbonyl (C=O) groups excluding carboxylic acids is 1. The Balaban J connectivity index is 1.46. The maximum absolute atomic E-state index is 12.1. The molecule has 0 aliphatic carbocycles. The lowest BCUT2D eigenvalue weighted by Gasteiger charge is -2.04. The molecule has 0 atom stereocenters. The van der Waals surface area contributed by atoms with Crippen LogP contribution in [0, 0.1) is 0 Å². The van der Waals surface area contributed by atoms with Crippen molar-refractivity contribution in [2.75, 3.05) is 0 Å². The maximum atomic E-state index is 12.1. The molecule has 3 heterocycles. The third-order valence-corrected chi connectivity index (χ3v) is 3.54. The van der Waals surface area contributed by atoms with Gasteiger partial charge < -0.3 is 5.32 Å². The zero-order valence-electron chi connectivity index (χ0n) is 12.1. The molecule has 0 saturated heterocycles. The van der Waals surface area contributed by atoms with Gasteiger partial charge in [0.2, 0.25) is 5.91 Å². The minimum Gasteiger partial charge on any atom is -0.347 e. The average Bonchev–Trinajstić information content (AvgIpc) is 3.18. The summed E-state index contributed by atoms with van der Waals surface area (Å²) in [6.45, 7) is 0.411. The minimum absolute atomic E-state index is 0.108. The van der Waals surface area contributed by atoms with Crippen LogP contribution < -0.4 is 5.32 Å². The number of rotatable bonds is 4. The van der Waals surface area contributed by atoms with Gasteiger partial charge in [0, 0.05) is 6.20 Å². The zero-order chi connectivity index (χ0) is 15.6. The first kappa shape index (κ1) is 13.4. The van der Waals surface area contributed by atoms with E-state index < -0.39 is 0 Å². The van der Waals surface area contributed by atoms with Gasteiger partial charge in [0.1, 0.15) is 12.1 Å². The fraction of sp³-hybridized carbons (Fsp3) is 0.133. The summed E-state index contributed by atoms with van der Waals surface area (Å²) in [5.41, 5.74) is 2.35. The number of nitrogens with zero attached hydrogens (tertiary/aromatic N) is 6. The second-order valence-electron chi connectivity index (χ2n) is 5.06. The van der Waals surface area contributed by atoms with E-state index in [2.05, 4.69) is 25.8 Å². The fourth-order valence-electron chi connectivity index (χ4n) is 2.42. The summed E-state index contributed by atoms with van der Waals surface area (Å²) in [4.78, 5) is 12.1. The first-order valence-corrected chi connectivity index (χ1v) is 7.15. The van der Waals surface area contributed by atoms with Crippen LogP contribution in [0.2, 0.25) is 0 Å². The van der Waals surface area contributed by atoms with Gasteiger partial charge >= 0.3 is 0 Å². The molecule has 0 aliphatic rings. The largest absolute Gasteiger partial charge is 0.347 e. The van der Waals surface area contributed by atoms with Gasteiger partial charge in [0.25, 0.3) is 0 Å². The molecule has 4 rings (SSSR count). The summed E-state index contributed by atoms with van der Waals surface area (Å²) in [6.07, 6.45) is 1.86. The molecule has 0 saturated carbocycles.